The van der Waals surface area contributed by atoms with E-state index in [1.807, 2.05) is 55.6 Å². The average molecular weight is 428 g/mol. The smallest absolute Gasteiger partial charge is 0.260 e. The quantitative estimate of drug-likeness (QED) is 0.598. The first-order chi connectivity index (χ1) is 15.6. The Morgan fingerprint density at radius 3 is 2.66 bits per heavy atom. The second-order valence-corrected chi connectivity index (χ2v) is 7.87. The van der Waals surface area contributed by atoms with E-state index in [4.69, 9.17) is 14.2 Å². The SMILES string of the molecule is COc1ccc(CN(C)c2ccc3c(c2)COC3=C2C(=O)Nc3ccccc32)c(OC)c1. The molecule has 162 valence electrons. The molecule has 2 aliphatic heterocycles. The molecule has 0 saturated heterocycles. The van der Waals surface area contributed by atoms with Crippen molar-refractivity contribution in [3.05, 3.63) is 82.9 Å². The van der Waals surface area contributed by atoms with Crippen molar-refractivity contribution < 1.29 is 19.0 Å². The molecule has 1 N–H and O–H groups in total. The molecule has 6 nitrogen and oxygen atoms in total. The van der Waals surface area contributed by atoms with Crippen molar-refractivity contribution in [2.24, 2.45) is 0 Å². The molecule has 3 aromatic rings. The minimum atomic E-state index is -0.123. The van der Waals surface area contributed by atoms with Gasteiger partial charge in [-0.3, -0.25) is 4.79 Å². The average Bonchev–Trinajstić information content (AvgIpc) is 3.38. The Bertz CT molecular complexity index is 1250. The van der Waals surface area contributed by atoms with E-state index in [9.17, 15) is 4.79 Å². The topological polar surface area (TPSA) is 60.0 Å². The summed E-state index contributed by atoms with van der Waals surface area (Å²) in [5.74, 6) is 2.08. The van der Waals surface area contributed by atoms with Crippen molar-refractivity contribution in [3.63, 3.8) is 0 Å². The van der Waals surface area contributed by atoms with E-state index in [-0.39, 0.29) is 5.91 Å². The third kappa shape index (κ3) is 3.34. The molecule has 3 aromatic carbocycles. The number of amides is 1. The lowest BCUT2D eigenvalue weighted by Gasteiger charge is -2.21. The summed E-state index contributed by atoms with van der Waals surface area (Å²) in [6.45, 7) is 1.12. The summed E-state index contributed by atoms with van der Waals surface area (Å²) in [5, 5.41) is 2.93. The zero-order valence-corrected chi connectivity index (χ0v) is 18.3. The van der Waals surface area contributed by atoms with Gasteiger partial charge in [-0.15, -0.1) is 0 Å². The van der Waals surface area contributed by atoms with Gasteiger partial charge in [-0.2, -0.15) is 0 Å². The number of rotatable bonds is 5. The summed E-state index contributed by atoms with van der Waals surface area (Å²) in [7, 11) is 5.35. The molecule has 5 rings (SSSR count). The van der Waals surface area contributed by atoms with Gasteiger partial charge in [-0.25, -0.2) is 0 Å². The number of nitrogens with one attached hydrogen (secondary N) is 1. The zero-order chi connectivity index (χ0) is 22.2. The molecule has 6 heteroatoms. The van der Waals surface area contributed by atoms with Gasteiger partial charge in [-0.1, -0.05) is 18.2 Å². The van der Waals surface area contributed by atoms with Crippen molar-refractivity contribution in [1.82, 2.24) is 0 Å². The Balaban J connectivity index is 1.44. The first-order valence-corrected chi connectivity index (χ1v) is 10.4. The molecular weight excluding hydrogens is 404 g/mol. The second kappa shape index (κ2) is 7.96. The molecule has 0 fully saturated rings. The van der Waals surface area contributed by atoms with Crippen LogP contribution in [-0.4, -0.2) is 27.2 Å². The van der Waals surface area contributed by atoms with Gasteiger partial charge in [0, 0.05) is 53.3 Å². The Labute approximate surface area is 187 Å². The van der Waals surface area contributed by atoms with Crippen molar-refractivity contribution in [1.29, 1.82) is 0 Å². The van der Waals surface area contributed by atoms with Crippen LogP contribution in [0.2, 0.25) is 0 Å². The summed E-state index contributed by atoms with van der Waals surface area (Å²) in [6, 6.07) is 19.8. The van der Waals surface area contributed by atoms with E-state index in [1.165, 1.54) is 0 Å². The number of para-hydroxylation sites is 1. The number of ether oxygens (including phenoxy) is 3. The van der Waals surface area contributed by atoms with Crippen LogP contribution in [0.3, 0.4) is 0 Å². The minimum Gasteiger partial charge on any atom is -0.497 e. The van der Waals surface area contributed by atoms with Crippen LogP contribution in [0.5, 0.6) is 11.5 Å². The maximum atomic E-state index is 12.6. The van der Waals surface area contributed by atoms with Crippen LogP contribution in [0.25, 0.3) is 11.3 Å². The van der Waals surface area contributed by atoms with E-state index in [1.54, 1.807) is 14.2 Å². The van der Waals surface area contributed by atoms with Crippen molar-refractivity contribution in [3.8, 4) is 11.5 Å². The number of benzene rings is 3. The highest BCUT2D eigenvalue weighted by Gasteiger charge is 2.32. The molecule has 0 aliphatic carbocycles. The van der Waals surface area contributed by atoms with Gasteiger partial charge in [0.15, 0.2) is 0 Å². The van der Waals surface area contributed by atoms with E-state index < -0.39 is 0 Å². The molecule has 1 amide bonds. The number of methoxy groups -OCH3 is 2. The second-order valence-electron chi connectivity index (χ2n) is 7.87. The maximum Gasteiger partial charge on any atom is 0.260 e. The molecular formula is C26H24N2O4. The van der Waals surface area contributed by atoms with E-state index in [2.05, 4.69) is 22.3 Å². The Morgan fingerprint density at radius 1 is 1.00 bits per heavy atom. The lowest BCUT2D eigenvalue weighted by atomic mass is 10.00. The number of fused-ring (bicyclic) bond motifs is 2. The lowest BCUT2D eigenvalue weighted by molar-refractivity contribution is -0.110. The van der Waals surface area contributed by atoms with Gasteiger partial charge in [0.05, 0.1) is 19.8 Å². The Kier molecular flexibility index (Phi) is 4.98. The molecule has 32 heavy (non-hydrogen) atoms. The van der Waals surface area contributed by atoms with E-state index in [0.29, 0.717) is 24.5 Å². The van der Waals surface area contributed by atoms with Gasteiger partial charge in [-0.05, 0) is 36.4 Å². The highest BCUT2D eigenvalue weighted by Crippen LogP contribution is 2.42. The van der Waals surface area contributed by atoms with Crippen molar-refractivity contribution in [2.45, 2.75) is 13.2 Å². The summed E-state index contributed by atoms with van der Waals surface area (Å²) >= 11 is 0. The maximum absolute atomic E-state index is 12.6. The van der Waals surface area contributed by atoms with Crippen LogP contribution in [0.1, 0.15) is 22.3 Å². The Hall–Kier alpha value is -3.93. The fourth-order valence-corrected chi connectivity index (χ4v) is 4.26. The molecule has 2 heterocycles. The van der Waals surface area contributed by atoms with Crippen LogP contribution in [-0.2, 0) is 22.7 Å². The fourth-order valence-electron chi connectivity index (χ4n) is 4.26. The number of hydrogen-bond acceptors (Lipinski definition) is 5. The third-order valence-electron chi connectivity index (χ3n) is 5.95. The van der Waals surface area contributed by atoms with Gasteiger partial charge in [0.1, 0.15) is 23.9 Å². The number of carbonyl (C=O) groups is 1. The number of nitrogens with zero attached hydrogens (tertiary/aromatic N) is 1. The molecule has 0 saturated carbocycles. The predicted octanol–water partition coefficient (Wildman–Crippen LogP) is 4.69. The number of hydrogen-bond donors (Lipinski definition) is 1. The highest BCUT2D eigenvalue weighted by molar-refractivity contribution is 6.36. The Morgan fingerprint density at radius 2 is 1.84 bits per heavy atom. The van der Waals surface area contributed by atoms with Gasteiger partial charge < -0.3 is 24.4 Å². The summed E-state index contributed by atoms with van der Waals surface area (Å²) < 4.78 is 16.8. The van der Waals surface area contributed by atoms with Gasteiger partial charge in [0.2, 0.25) is 0 Å². The molecule has 0 spiro atoms. The largest absolute Gasteiger partial charge is 0.497 e. The van der Waals surface area contributed by atoms with E-state index >= 15 is 0 Å². The summed E-state index contributed by atoms with van der Waals surface area (Å²) in [6.07, 6.45) is 0. The first kappa shape index (κ1) is 20.0. The normalized spacial score (nSPS) is 16.2. The molecule has 0 bridgehead atoms. The van der Waals surface area contributed by atoms with E-state index in [0.717, 1.165) is 45.1 Å². The summed E-state index contributed by atoms with van der Waals surface area (Å²) in [5.41, 5.74) is 6.46. The van der Waals surface area contributed by atoms with Crippen LogP contribution >= 0.6 is 0 Å². The van der Waals surface area contributed by atoms with Crippen LogP contribution < -0.4 is 19.7 Å². The van der Waals surface area contributed by atoms with Crippen LogP contribution in [0.4, 0.5) is 11.4 Å². The predicted molar refractivity (Wildman–Crippen MR) is 125 cm³/mol. The zero-order valence-electron chi connectivity index (χ0n) is 18.3. The molecule has 2 aliphatic rings. The van der Waals surface area contributed by atoms with Crippen molar-refractivity contribution >= 4 is 28.6 Å². The number of anilines is 2. The molecule has 0 radical (unpaired) electrons. The van der Waals surface area contributed by atoms with Crippen LogP contribution in [0, 0.1) is 0 Å². The monoisotopic (exact) mass is 428 g/mol. The van der Waals surface area contributed by atoms with Crippen molar-refractivity contribution in [2.75, 3.05) is 31.5 Å². The highest BCUT2D eigenvalue weighted by atomic mass is 16.5. The fraction of sp³-hybridized carbons (Fsp3) is 0.192. The summed E-state index contributed by atoms with van der Waals surface area (Å²) in [4.78, 5) is 14.8. The molecule has 0 atom stereocenters. The molecule has 0 aromatic heterocycles. The standard InChI is InChI=1S/C26H24N2O4/c1-28(14-16-8-10-19(30-2)13-23(16)31-3)18-9-11-20-17(12-18)15-32-25(20)24-21-6-4-5-7-22(21)27-26(24)29/h4-13H,14-15H2,1-3H3,(H,27,29). The first-order valence-electron chi connectivity index (χ1n) is 10.4. The number of carbonyl (C=O) groups excluding carboxylic acids is 1. The van der Waals surface area contributed by atoms with Gasteiger partial charge in [0.25, 0.3) is 5.91 Å². The lowest BCUT2D eigenvalue weighted by Crippen LogP contribution is -2.17. The minimum absolute atomic E-state index is 0.123. The van der Waals surface area contributed by atoms with Crippen LogP contribution in [0.15, 0.2) is 60.7 Å². The third-order valence-corrected chi connectivity index (χ3v) is 5.95. The molecule has 0 unspecified atom stereocenters. The van der Waals surface area contributed by atoms with Gasteiger partial charge >= 0.3 is 0 Å².